The number of urea groups is 1. The third-order valence-electron chi connectivity index (χ3n) is 0.779. The number of carbonyl (C=O) groups excluding carboxylic acids is 2. The molecule has 5 nitrogen and oxygen atoms in total. The van der Waals surface area contributed by atoms with Crippen LogP contribution in [0.2, 0.25) is 0 Å². The van der Waals surface area contributed by atoms with E-state index in [0.717, 1.165) is 0 Å². The number of nitrogens with two attached hydrogens (primary N) is 1. The van der Waals surface area contributed by atoms with Crippen molar-refractivity contribution in [2.75, 3.05) is 14.2 Å². The SMILES string of the molecule is COC(=O)N(C)C(N)=O. The van der Waals surface area contributed by atoms with Crippen LogP contribution in [0.1, 0.15) is 0 Å². The zero-order valence-corrected chi connectivity index (χ0v) is 5.25. The standard InChI is InChI=1S/C4H8N2O3/c1-6(3(5)7)4(8)9-2/h1-2H3,(H2,5,7). The number of primary amides is 1. The van der Waals surface area contributed by atoms with Crippen LogP contribution in [0.5, 0.6) is 0 Å². The van der Waals surface area contributed by atoms with Crippen molar-refractivity contribution in [3.05, 3.63) is 0 Å². The van der Waals surface area contributed by atoms with E-state index in [0.29, 0.717) is 4.90 Å². The van der Waals surface area contributed by atoms with Crippen molar-refractivity contribution in [1.82, 2.24) is 4.90 Å². The van der Waals surface area contributed by atoms with E-state index in [9.17, 15) is 9.59 Å². The first-order valence-corrected chi connectivity index (χ1v) is 2.20. The average molecular weight is 132 g/mol. The Balaban J connectivity index is 3.88. The van der Waals surface area contributed by atoms with E-state index in [1.165, 1.54) is 14.2 Å². The number of methoxy groups -OCH3 is 1. The smallest absolute Gasteiger partial charge is 0.417 e. The summed E-state index contributed by atoms with van der Waals surface area (Å²) in [6.07, 6.45) is -0.762. The minimum Gasteiger partial charge on any atom is -0.452 e. The highest BCUT2D eigenvalue weighted by molar-refractivity contribution is 5.89. The number of rotatable bonds is 0. The fourth-order valence-electron chi connectivity index (χ4n) is 0.227. The molecule has 0 fully saturated rings. The van der Waals surface area contributed by atoms with Crippen LogP contribution in [0, 0.1) is 0 Å². The number of nitrogens with zero attached hydrogens (tertiary/aromatic N) is 1. The monoisotopic (exact) mass is 132 g/mol. The first kappa shape index (κ1) is 7.74. The van der Waals surface area contributed by atoms with Gasteiger partial charge in [-0.1, -0.05) is 0 Å². The van der Waals surface area contributed by atoms with Crippen LogP contribution in [-0.4, -0.2) is 31.2 Å². The van der Waals surface area contributed by atoms with Gasteiger partial charge in [0.15, 0.2) is 0 Å². The van der Waals surface area contributed by atoms with Gasteiger partial charge in [0.1, 0.15) is 0 Å². The number of amides is 3. The summed E-state index contributed by atoms with van der Waals surface area (Å²) in [6, 6.07) is -0.832. The van der Waals surface area contributed by atoms with Crippen molar-refractivity contribution in [1.29, 1.82) is 0 Å². The summed E-state index contributed by atoms with van der Waals surface area (Å²) in [4.78, 5) is 21.2. The van der Waals surface area contributed by atoms with E-state index in [1.54, 1.807) is 0 Å². The van der Waals surface area contributed by atoms with Crippen molar-refractivity contribution >= 4 is 12.1 Å². The first-order valence-electron chi connectivity index (χ1n) is 2.20. The molecule has 0 aromatic rings. The van der Waals surface area contributed by atoms with E-state index in [-0.39, 0.29) is 0 Å². The maximum absolute atomic E-state index is 10.4. The first-order chi connectivity index (χ1) is 4.09. The van der Waals surface area contributed by atoms with E-state index in [1.807, 2.05) is 0 Å². The summed E-state index contributed by atoms with van der Waals surface area (Å²) in [5, 5.41) is 0. The molecule has 0 saturated carbocycles. The van der Waals surface area contributed by atoms with Crippen LogP contribution in [0.15, 0.2) is 0 Å². The Kier molecular flexibility index (Phi) is 2.50. The third kappa shape index (κ3) is 1.98. The van der Waals surface area contributed by atoms with Gasteiger partial charge in [0.2, 0.25) is 0 Å². The Morgan fingerprint density at radius 1 is 1.56 bits per heavy atom. The summed E-state index contributed by atoms with van der Waals surface area (Å²) in [5.41, 5.74) is 4.70. The molecule has 0 aliphatic rings. The Morgan fingerprint density at radius 3 is 2.11 bits per heavy atom. The molecule has 0 aliphatic heterocycles. The molecule has 0 spiro atoms. The quantitative estimate of drug-likeness (QED) is 0.494. The number of carbonyl (C=O) groups is 2. The molecular formula is C4H8N2O3. The molecule has 2 N–H and O–H groups in total. The van der Waals surface area contributed by atoms with Gasteiger partial charge in [-0.05, 0) is 0 Å². The summed E-state index contributed by atoms with van der Waals surface area (Å²) in [6.45, 7) is 0. The van der Waals surface area contributed by atoms with Gasteiger partial charge >= 0.3 is 12.1 Å². The summed E-state index contributed by atoms with van der Waals surface area (Å²) in [7, 11) is 2.40. The molecule has 0 saturated heterocycles. The molecule has 0 aliphatic carbocycles. The van der Waals surface area contributed by atoms with E-state index in [4.69, 9.17) is 5.73 Å². The van der Waals surface area contributed by atoms with Crippen molar-refractivity contribution in [2.45, 2.75) is 0 Å². The second-order valence-corrected chi connectivity index (χ2v) is 1.37. The van der Waals surface area contributed by atoms with Gasteiger partial charge in [-0.15, -0.1) is 0 Å². The van der Waals surface area contributed by atoms with Crippen LogP contribution >= 0.6 is 0 Å². The average Bonchev–Trinajstić information content (AvgIpc) is 1.84. The lowest BCUT2D eigenvalue weighted by molar-refractivity contribution is 0.139. The zero-order chi connectivity index (χ0) is 7.44. The minimum atomic E-state index is -0.832. The maximum Gasteiger partial charge on any atom is 0.417 e. The number of imide groups is 1. The molecule has 9 heavy (non-hydrogen) atoms. The van der Waals surface area contributed by atoms with Crippen LogP contribution in [-0.2, 0) is 4.74 Å². The van der Waals surface area contributed by atoms with Gasteiger partial charge in [-0.3, -0.25) is 0 Å². The van der Waals surface area contributed by atoms with Gasteiger partial charge in [-0.25, -0.2) is 14.5 Å². The van der Waals surface area contributed by atoms with Crippen LogP contribution in [0.25, 0.3) is 0 Å². The molecule has 0 aromatic carbocycles. The summed E-state index contributed by atoms with van der Waals surface area (Å²) < 4.78 is 4.16. The lowest BCUT2D eigenvalue weighted by atomic mass is 10.8. The second-order valence-electron chi connectivity index (χ2n) is 1.37. The fraction of sp³-hybridized carbons (Fsp3) is 0.500. The van der Waals surface area contributed by atoms with Gasteiger partial charge in [0.25, 0.3) is 0 Å². The Bertz CT molecular complexity index is 134. The lowest BCUT2D eigenvalue weighted by Crippen LogP contribution is -2.37. The Morgan fingerprint density at radius 2 is 2.00 bits per heavy atom. The van der Waals surface area contributed by atoms with E-state index >= 15 is 0 Å². The number of ether oxygens (including phenoxy) is 1. The molecule has 3 amide bonds. The molecule has 0 atom stereocenters. The highest BCUT2D eigenvalue weighted by Gasteiger charge is 2.11. The molecule has 0 unspecified atom stereocenters. The van der Waals surface area contributed by atoms with Gasteiger partial charge in [-0.2, -0.15) is 0 Å². The van der Waals surface area contributed by atoms with Gasteiger partial charge in [0, 0.05) is 7.05 Å². The molecule has 52 valence electrons. The highest BCUT2D eigenvalue weighted by Crippen LogP contribution is 1.84. The predicted octanol–water partition coefficient (Wildman–Crippen LogP) is -0.237. The molecule has 5 heteroatoms. The van der Waals surface area contributed by atoms with Gasteiger partial charge < -0.3 is 10.5 Å². The molecule has 0 heterocycles. The molecule has 0 radical (unpaired) electrons. The van der Waals surface area contributed by atoms with Crippen molar-refractivity contribution in [2.24, 2.45) is 5.73 Å². The predicted molar refractivity (Wildman–Crippen MR) is 29.8 cm³/mol. The van der Waals surface area contributed by atoms with Crippen LogP contribution in [0.3, 0.4) is 0 Å². The van der Waals surface area contributed by atoms with Crippen molar-refractivity contribution in [3.63, 3.8) is 0 Å². The van der Waals surface area contributed by atoms with Crippen LogP contribution in [0.4, 0.5) is 9.59 Å². The molecule has 0 bridgehead atoms. The number of hydrogen-bond donors (Lipinski definition) is 1. The van der Waals surface area contributed by atoms with Crippen molar-refractivity contribution < 1.29 is 14.3 Å². The zero-order valence-electron chi connectivity index (χ0n) is 5.25. The topological polar surface area (TPSA) is 72.6 Å². The van der Waals surface area contributed by atoms with Gasteiger partial charge in [0.05, 0.1) is 7.11 Å². The highest BCUT2D eigenvalue weighted by atomic mass is 16.5. The van der Waals surface area contributed by atoms with E-state index < -0.39 is 12.1 Å². The largest absolute Gasteiger partial charge is 0.452 e. The lowest BCUT2D eigenvalue weighted by Gasteiger charge is -2.08. The molecule has 0 rings (SSSR count). The fourth-order valence-corrected chi connectivity index (χ4v) is 0.227. The van der Waals surface area contributed by atoms with E-state index in [2.05, 4.69) is 4.74 Å². The van der Waals surface area contributed by atoms with Crippen molar-refractivity contribution in [3.8, 4) is 0 Å². The third-order valence-corrected chi connectivity index (χ3v) is 0.779. The summed E-state index contributed by atoms with van der Waals surface area (Å²) in [5.74, 6) is 0. The maximum atomic E-state index is 10.4. The Hall–Kier alpha value is -1.26. The van der Waals surface area contributed by atoms with Crippen LogP contribution < -0.4 is 5.73 Å². The Labute approximate surface area is 52.4 Å². The minimum absolute atomic E-state index is 0.667. The molecular weight excluding hydrogens is 124 g/mol. The summed E-state index contributed by atoms with van der Waals surface area (Å²) >= 11 is 0. The molecule has 0 aromatic heterocycles. The normalized spacial score (nSPS) is 8.22. The second kappa shape index (κ2) is 2.91. The number of hydrogen-bond acceptors (Lipinski definition) is 3.